The van der Waals surface area contributed by atoms with Crippen molar-refractivity contribution in [1.29, 1.82) is 0 Å². The number of carbonyl (C=O) groups is 2. The molecule has 0 amide bonds. The zero-order valence-corrected chi connectivity index (χ0v) is 23.1. The maximum Gasteiger partial charge on any atom is 0.339 e. The summed E-state index contributed by atoms with van der Waals surface area (Å²) in [5.41, 5.74) is 7.44. The molecule has 0 N–H and O–H groups in total. The number of rotatable bonds is 8. The molecule has 2 heterocycles. The molecule has 0 saturated carbocycles. The standard InChI is InChI=1S/C33H31N3O4/c1-5-21-8-12-24(13-9-21)30-29-27(33(38)40-7-3)20-28(23-14-16-25(17-15-23)32(37)39-4)34-31(29)36(35-30)26-18-10-22(6-2)11-19-26/h8-20H,5-7H2,1-4H3. The van der Waals surface area contributed by atoms with Crippen molar-refractivity contribution in [3.8, 4) is 28.2 Å². The van der Waals surface area contributed by atoms with Crippen LogP contribution in [0.4, 0.5) is 0 Å². The smallest absolute Gasteiger partial charge is 0.339 e. The third kappa shape index (κ3) is 5.10. The molecule has 202 valence electrons. The first-order chi connectivity index (χ1) is 19.5. The molecule has 0 unspecified atom stereocenters. The summed E-state index contributed by atoms with van der Waals surface area (Å²) in [5, 5.41) is 5.63. The molecule has 0 aliphatic heterocycles. The van der Waals surface area contributed by atoms with E-state index in [0.717, 1.165) is 29.7 Å². The van der Waals surface area contributed by atoms with Crippen LogP contribution in [-0.4, -0.2) is 40.4 Å². The van der Waals surface area contributed by atoms with Crippen molar-refractivity contribution in [3.05, 3.63) is 101 Å². The van der Waals surface area contributed by atoms with Crippen LogP contribution >= 0.6 is 0 Å². The summed E-state index contributed by atoms with van der Waals surface area (Å²) in [4.78, 5) is 30.4. The first kappa shape index (κ1) is 26.8. The van der Waals surface area contributed by atoms with E-state index in [1.165, 1.54) is 18.2 Å². The maximum atomic E-state index is 13.4. The van der Waals surface area contributed by atoms with Gasteiger partial charge in [0.15, 0.2) is 5.65 Å². The fraction of sp³-hybridized carbons (Fsp3) is 0.212. The molecule has 0 radical (unpaired) electrons. The first-order valence-corrected chi connectivity index (χ1v) is 13.5. The second-order valence-electron chi connectivity index (χ2n) is 9.37. The van der Waals surface area contributed by atoms with Gasteiger partial charge in [0.2, 0.25) is 0 Å². The van der Waals surface area contributed by atoms with Gasteiger partial charge in [0, 0.05) is 11.1 Å². The molecule has 7 heteroatoms. The quantitative estimate of drug-likeness (QED) is 0.203. The highest BCUT2D eigenvalue weighted by Crippen LogP contribution is 2.35. The van der Waals surface area contributed by atoms with Crippen LogP contribution in [0, 0.1) is 0 Å². The van der Waals surface area contributed by atoms with E-state index in [-0.39, 0.29) is 6.61 Å². The van der Waals surface area contributed by atoms with Gasteiger partial charge in [-0.1, -0.05) is 62.4 Å². The average molecular weight is 534 g/mol. The van der Waals surface area contributed by atoms with Crippen molar-refractivity contribution in [3.63, 3.8) is 0 Å². The molecule has 40 heavy (non-hydrogen) atoms. The normalized spacial score (nSPS) is 11.0. The van der Waals surface area contributed by atoms with Crippen LogP contribution in [0.15, 0.2) is 78.9 Å². The van der Waals surface area contributed by atoms with Gasteiger partial charge in [0.05, 0.1) is 41.6 Å². The van der Waals surface area contributed by atoms with Gasteiger partial charge in [-0.25, -0.2) is 19.3 Å². The lowest BCUT2D eigenvalue weighted by Crippen LogP contribution is -2.07. The zero-order valence-electron chi connectivity index (χ0n) is 23.1. The van der Waals surface area contributed by atoms with Gasteiger partial charge in [0.1, 0.15) is 5.69 Å². The Morgan fingerprint density at radius 1 is 0.775 bits per heavy atom. The summed E-state index contributed by atoms with van der Waals surface area (Å²) in [7, 11) is 1.35. The third-order valence-electron chi connectivity index (χ3n) is 6.96. The molecule has 5 rings (SSSR count). The minimum absolute atomic E-state index is 0.235. The van der Waals surface area contributed by atoms with Crippen molar-refractivity contribution >= 4 is 23.0 Å². The number of pyridine rings is 1. The first-order valence-electron chi connectivity index (χ1n) is 13.5. The SMILES string of the molecule is CCOC(=O)c1cc(-c2ccc(C(=O)OC)cc2)nc2c1c(-c1ccc(CC)cc1)nn2-c1ccc(CC)cc1. The largest absolute Gasteiger partial charge is 0.465 e. The van der Waals surface area contributed by atoms with Crippen LogP contribution in [-0.2, 0) is 22.3 Å². The lowest BCUT2D eigenvalue weighted by atomic mass is 10.0. The van der Waals surface area contributed by atoms with Crippen LogP contribution in [0.2, 0.25) is 0 Å². The molecule has 0 aliphatic carbocycles. The summed E-state index contributed by atoms with van der Waals surface area (Å²) in [6.45, 7) is 6.24. The van der Waals surface area contributed by atoms with E-state index >= 15 is 0 Å². The molecule has 3 aromatic carbocycles. The summed E-state index contributed by atoms with van der Waals surface area (Å²) in [6.07, 6.45) is 1.85. The van der Waals surface area contributed by atoms with Crippen LogP contribution in [0.1, 0.15) is 52.6 Å². The number of methoxy groups -OCH3 is 1. The Bertz CT molecular complexity index is 1670. The molecular weight excluding hydrogens is 502 g/mol. The topological polar surface area (TPSA) is 83.3 Å². The highest BCUT2D eigenvalue weighted by Gasteiger charge is 2.24. The molecule has 5 aromatic rings. The maximum absolute atomic E-state index is 13.4. The Balaban J connectivity index is 1.79. The fourth-order valence-corrected chi connectivity index (χ4v) is 4.68. The lowest BCUT2D eigenvalue weighted by molar-refractivity contribution is 0.0527. The minimum Gasteiger partial charge on any atom is -0.465 e. The van der Waals surface area contributed by atoms with Gasteiger partial charge in [0.25, 0.3) is 0 Å². The van der Waals surface area contributed by atoms with Gasteiger partial charge in [-0.2, -0.15) is 5.10 Å². The number of hydrogen-bond donors (Lipinski definition) is 0. The van der Waals surface area contributed by atoms with Gasteiger partial charge in [-0.05, 0) is 61.2 Å². The summed E-state index contributed by atoms with van der Waals surface area (Å²) >= 11 is 0. The molecule has 0 saturated heterocycles. The number of aryl methyl sites for hydroxylation is 2. The van der Waals surface area contributed by atoms with E-state index in [9.17, 15) is 9.59 Å². The van der Waals surface area contributed by atoms with E-state index in [0.29, 0.717) is 33.5 Å². The van der Waals surface area contributed by atoms with Crippen LogP contribution in [0.25, 0.3) is 39.2 Å². The molecule has 0 spiro atoms. The van der Waals surface area contributed by atoms with Crippen molar-refractivity contribution in [2.24, 2.45) is 0 Å². The van der Waals surface area contributed by atoms with Crippen LogP contribution in [0.3, 0.4) is 0 Å². The summed E-state index contributed by atoms with van der Waals surface area (Å²) in [6, 6.07) is 25.0. The molecule has 0 atom stereocenters. The molecular formula is C33H31N3O4. The Morgan fingerprint density at radius 3 is 1.95 bits per heavy atom. The molecule has 7 nitrogen and oxygen atoms in total. The number of nitrogens with zero attached hydrogens (tertiary/aromatic N) is 3. The highest BCUT2D eigenvalue weighted by molar-refractivity contribution is 6.09. The number of aromatic nitrogens is 3. The van der Waals surface area contributed by atoms with Crippen molar-refractivity contribution in [2.75, 3.05) is 13.7 Å². The van der Waals surface area contributed by atoms with Crippen molar-refractivity contribution < 1.29 is 19.1 Å². The Morgan fingerprint density at radius 2 is 1.38 bits per heavy atom. The van der Waals surface area contributed by atoms with E-state index in [2.05, 4.69) is 38.1 Å². The number of esters is 2. The monoisotopic (exact) mass is 533 g/mol. The van der Waals surface area contributed by atoms with Crippen molar-refractivity contribution in [2.45, 2.75) is 33.6 Å². The Hall–Kier alpha value is -4.78. The number of benzene rings is 3. The minimum atomic E-state index is -0.449. The second-order valence-corrected chi connectivity index (χ2v) is 9.37. The van der Waals surface area contributed by atoms with E-state index in [4.69, 9.17) is 19.6 Å². The van der Waals surface area contributed by atoms with Gasteiger partial charge in [-0.3, -0.25) is 0 Å². The van der Waals surface area contributed by atoms with Gasteiger partial charge in [-0.15, -0.1) is 0 Å². The number of fused-ring (bicyclic) bond motifs is 1. The fourth-order valence-electron chi connectivity index (χ4n) is 4.68. The molecule has 0 bridgehead atoms. The average Bonchev–Trinajstić information content (AvgIpc) is 3.40. The summed E-state index contributed by atoms with van der Waals surface area (Å²) < 4.78 is 12.1. The predicted octanol–water partition coefficient (Wildman–Crippen LogP) is 6.84. The number of hydrogen-bond acceptors (Lipinski definition) is 6. The summed E-state index contributed by atoms with van der Waals surface area (Å²) in [5.74, 6) is -0.871. The van der Waals surface area contributed by atoms with Gasteiger partial charge < -0.3 is 9.47 Å². The van der Waals surface area contributed by atoms with E-state index < -0.39 is 11.9 Å². The second kappa shape index (κ2) is 11.5. The number of ether oxygens (including phenoxy) is 2. The highest BCUT2D eigenvalue weighted by atomic mass is 16.5. The van der Waals surface area contributed by atoms with E-state index in [1.54, 1.807) is 41.9 Å². The predicted molar refractivity (Wildman–Crippen MR) is 156 cm³/mol. The van der Waals surface area contributed by atoms with Crippen LogP contribution in [0.5, 0.6) is 0 Å². The third-order valence-corrected chi connectivity index (χ3v) is 6.96. The van der Waals surface area contributed by atoms with Gasteiger partial charge >= 0.3 is 11.9 Å². The lowest BCUT2D eigenvalue weighted by Gasteiger charge is -2.10. The Labute approximate surface area is 233 Å². The molecule has 0 fully saturated rings. The Kier molecular flexibility index (Phi) is 7.73. The number of carbonyl (C=O) groups excluding carboxylic acids is 2. The van der Waals surface area contributed by atoms with E-state index in [1.807, 2.05) is 24.3 Å². The zero-order chi connectivity index (χ0) is 28.2. The molecule has 2 aromatic heterocycles. The molecule has 0 aliphatic rings. The van der Waals surface area contributed by atoms with Crippen molar-refractivity contribution in [1.82, 2.24) is 14.8 Å². The van der Waals surface area contributed by atoms with Crippen LogP contribution < -0.4 is 0 Å².